The number of halogens is 2. The minimum absolute atomic E-state index is 0.0504. The number of nitrogens with one attached hydrogen (secondary N) is 3. The molecular weight excluding hydrogens is 1050 g/mol. The van der Waals surface area contributed by atoms with Crippen molar-refractivity contribution < 1.29 is 42.2 Å². The standard InChI is InChI=1S/C57H73F2N13O7S/c1-36-30-42(59)8-5-11-50(74)68(4)34-43-51(40-31-47(54(61)64-33-40)70-20-6-9-45(36)70)48(32-60)72(67-43)24-19-63-49(73)18-26-78-28-29-79-27-25-69-22-16-38(17-23-69)52(66-55(76)37(2)62-3)57(77)71-21-7-10-46(71)56-65-44(35-80-56)53(75)39-12-14-41(58)15-13-39/h5,8,12-15,30-31,33,37-38,44-46,52,62H,1,6-7,9-11,16-29,34-35H2,2-4H3,(H2,61,64)(H,63,73)(H,66,76)/b8-5-,42-30+/t37-,44?,45-,46-,52-/m1/s1. The molecule has 20 nitrogen and oxygen atoms in total. The molecule has 1 aromatic carbocycles. The van der Waals surface area contributed by atoms with Crippen molar-refractivity contribution in [1.82, 2.24) is 45.4 Å². The maximum atomic E-state index is 14.9. The van der Waals surface area contributed by atoms with Crippen molar-refractivity contribution in [2.45, 2.75) is 102 Å². The fraction of sp³-hybridized carbons (Fsp3) is 0.526. The molecule has 3 fully saturated rings. The van der Waals surface area contributed by atoms with Gasteiger partial charge in [0.05, 0.1) is 74.1 Å². The number of ether oxygens (including phenoxy) is 2. The normalized spacial score (nSPS) is 21.9. The summed E-state index contributed by atoms with van der Waals surface area (Å²) in [4.78, 5) is 84.0. The molecule has 8 rings (SSSR count). The molecule has 4 amide bonds. The van der Waals surface area contributed by atoms with E-state index in [1.165, 1.54) is 63.8 Å². The van der Waals surface area contributed by atoms with Crippen LogP contribution < -0.4 is 26.6 Å². The number of hydrogen-bond donors (Lipinski definition) is 4. The van der Waals surface area contributed by atoms with Crippen LogP contribution in [0.25, 0.3) is 11.1 Å². The second-order valence-electron chi connectivity index (χ2n) is 20.8. The first-order chi connectivity index (χ1) is 38.6. The van der Waals surface area contributed by atoms with Crippen molar-refractivity contribution in [2.75, 3.05) is 96.2 Å². The Balaban J connectivity index is 0.772. The summed E-state index contributed by atoms with van der Waals surface area (Å²) in [5.74, 6) is -1.39. The topological polar surface area (TPSA) is 246 Å². The molecule has 428 valence electrons. The van der Waals surface area contributed by atoms with E-state index in [1.54, 1.807) is 27.2 Å². The Morgan fingerprint density at radius 1 is 0.988 bits per heavy atom. The SMILES string of the molecule is C=C1/C=C(F)\C=C/CC(=O)N(C)Cc2nn(CCNC(=O)CCOCCOCCN3CCC([C@@H](NC(=O)[C@@H](C)NC)C(=O)N4CCC[C@@H]4C4=NC(C(=O)c5ccc(F)cc5)CS4)CC3)c(C#N)c2-c2cnc(N)c(c2)N2CCC[C@H]12. The van der Waals surface area contributed by atoms with E-state index in [-0.39, 0.29) is 105 Å². The Hall–Kier alpha value is -6.84. The molecule has 0 aliphatic carbocycles. The Labute approximate surface area is 470 Å². The van der Waals surface area contributed by atoms with Crippen LogP contribution in [-0.2, 0) is 41.7 Å². The highest BCUT2D eigenvalue weighted by Crippen LogP contribution is 2.38. The zero-order valence-electron chi connectivity index (χ0n) is 45.8. The number of amides is 4. The third kappa shape index (κ3) is 14.7. The molecule has 5 N–H and O–H groups in total. The number of aromatic nitrogens is 3. The molecule has 3 aromatic rings. The van der Waals surface area contributed by atoms with Gasteiger partial charge in [-0.15, -0.1) is 11.8 Å². The predicted molar refractivity (Wildman–Crippen MR) is 302 cm³/mol. The fourth-order valence-corrected chi connectivity index (χ4v) is 12.1. The molecule has 0 saturated carbocycles. The van der Waals surface area contributed by atoms with Gasteiger partial charge in [0.1, 0.15) is 41.3 Å². The van der Waals surface area contributed by atoms with Gasteiger partial charge in [-0.25, -0.2) is 13.8 Å². The van der Waals surface area contributed by atoms with E-state index >= 15 is 0 Å². The average Bonchev–Trinajstić information content (AvgIpc) is 4.35. The molecule has 7 heterocycles. The van der Waals surface area contributed by atoms with E-state index in [1.807, 2.05) is 11.0 Å². The number of piperidine rings is 1. The molecular formula is C57H73F2N13O7S. The van der Waals surface area contributed by atoms with Crippen molar-refractivity contribution in [3.63, 3.8) is 0 Å². The number of fused-ring (bicyclic) bond motifs is 6. The number of aliphatic imine (C=N–C) groups is 1. The number of carbonyl (C=O) groups is 5. The van der Waals surface area contributed by atoms with Crippen molar-refractivity contribution in [3.05, 3.63) is 95.5 Å². The molecule has 5 aliphatic rings. The number of anilines is 2. The highest BCUT2D eigenvalue weighted by atomic mass is 32.2. The van der Waals surface area contributed by atoms with Gasteiger partial charge in [0.25, 0.3) is 0 Å². The number of nitrogens with two attached hydrogens (primary N) is 1. The van der Waals surface area contributed by atoms with Gasteiger partial charge >= 0.3 is 0 Å². The summed E-state index contributed by atoms with van der Waals surface area (Å²) in [5.41, 5.74) is 9.77. The lowest BCUT2D eigenvalue weighted by Crippen LogP contribution is -2.58. The molecule has 2 bridgehead atoms. The zero-order chi connectivity index (χ0) is 56.9. The van der Waals surface area contributed by atoms with Crippen LogP contribution in [0.2, 0.25) is 0 Å². The number of thioether (sulfide) groups is 1. The van der Waals surface area contributed by atoms with Crippen molar-refractivity contribution in [3.8, 4) is 17.2 Å². The largest absolute Gasteiger partial charge is 0.382 e. The lowest BCUT2D eigenvalue weighted by atomic mass is 9.88. The van der Waals surface area contributed by atoms with Crippen molar-refractivity contribution >= 4 is 57.7 Å². The Kier molecular flexibility index (Phi) is 20.8. The molecule has 5 atom stereocenters. The number of likely N-dealkylation sites (tertiary alicyclic amines) is 2. The van der Waals surface area contributed by atoms with Gasteiger partial charge < -0.3 is 50.8 Å². The average molecular weight is 1120 g/mol. The second kappa shape index (κ2) is 28.0. The van der Waals surface area contributed by atoms with Crippen LogP contribution in [0.3, 0.4) is 0 Å². The number of ketones is 1. The summed E-state index contributed by atoms with van der Waals surface area (Å²) in [5, 5.41) is 25.0. The van der Waals surface area contributed by atoms with Crippen LogP contribution >= 0.6 is 11.8 Å². The van der Waals surface area contributed by atoms with E-state index in [9.17, 15) is 38.0 Å². The Morgan fingerprint density at radius 2 is 1.73 bits per heavy atom. The van der Waals surface area contributed by atoms with Crippen molar-refractivity contribution in [1.29, 1.82) is 5.26 Å². The number of benzene rings is 1. The van der Waals surface area contributed by atoms with Crippen molar-refractivity contribution in [2.24, 2.45) is 10.9 Å². The fourth-order valence-electron chi connectivity index (χ4n) is 10.9. The number of nitriles is 1. The summed E-state index contributed by atoms with van der Waals surface area (Å²) < 4.78 is 41.6. The Bertz CT molecular complexity index is 2880. The van der Waals surface area contributed by atoms with E-state index in [4.69, 9.17) is 25.3 Å². The molecule has 1 unspecified atom stereocenters. The number of nitrogens with zero attached hydrogens (tertiary/aromatic N) is 9. The van der Waals surface area contributed by atoms with Gasteiger partial charge in [-0.2, -0.15) is 10.4 Å². The number of nitrogen functional groups attached to an aromatic ring is 1. The van der Waals surface area contributed by atoms with Crippen LogP contribution in [-0.4, -0.2) is 180 Å². The van der Waals surface area contributed by atoms with Gasteiger partial charge in [0, 0.05) is 74.7 Å². The van der Waals surface area contributed by atoms with Crippen LogP contribution in [0.5, 0.6) is 0 Å². The van der Waals surface area contributed by atoms with E-state index in [0.717, 1.165) is 37.4 Å². The van der Waals surface area contributed by atoms with Gasteiger partial charge in [-0.1, -0.05) is 12.7 Å². The third-order valence-electron chi connectivity index (χ3n) is 15.5. The van der Waals surface area contributed by atoms with E-state index in [0.29, 0.717) is 91.5 Å². The lowest BCUT2D eigenvalue weighted by molar-refractivity contribution is -0.138. The monoisotopic (exact) mass is 1120 g/mol. The van der Waals surface area contributed by atoms with E-state index < -0.39 is 29.8 Å². The summed E-state index contributed by atoms with van der Waals surface area (Å²) in [6, 6.07) is 7.25. The maximum absolute atomic E-state index is 14.9. The lowest BCUT2D eigenvalue weighted by Gasteiger charge is -2.38. The highest BCUT2D eigenvalue weighted by Gasteiger charge is 2.43. The number of pyridine rings is 1. The van der Waals surface area contributed by atoms with Crippen LogP contribution in [0.15, 0.2) is 77.7 Å². The zero-order valence-corrected chi connectivity index (χ0v) is 46.7. The molecule has 3 saturated heterocycles. The number of rotatable bonds is 20. The maximum Gasteiger partial charge on any atom is 0.246 e. The quantitative estimate of drug-likeness (QED) is 0.0895. The molecule has 80 heavy (non-hydrogen) atoms. The van der Waals surface area contributed by atoms with Gasteiger partial charge in [-0.3, -0.25) is 33.6 Å². The second-order valence-corrected chi connectivity index (χ2v) is 21.8. The number of likely N-dealkylation sites (N-methyl/N-ethyl adjacent to an activating group) is 1. The molecule has 23 heteroatoms. The molecule has 0 spiro atoms. The summed E-state index contributed by atoms with van der Waals surface area (Å²) in [6.07, 6.45) is 10.2. The third-order valence-corrected chi connectivity index (χ3v) is 16.6. The smallest absolute Gasteiger partial charge is 0.246 e. The van der Waals surface area contributed by atoms with Crippen LogP contribution in [0.4, 0.5) is 20.3 Å². The molecule has 2 aromatic heterocycles. The predicted octanol–water partition coefficient (Wildman–Crippen LogP) is 4.57. The number of hydrogen-bond acceptors (Lipinski definition) is 16. The van der Waals surface area contributed by atoms with E-state index in [2.05, 4.69) is 43.4 Å². The van der Waals surface area contributed by atoms with Gasteiger partial charge in [-0.05, 0) is 120 Å². The minimum Gasteiger partial charge on any atom is -0.382 e. The summed E-state index contributed by atoms with van der Waals surface area (Å²) >= 11 is 1.48. The number of carbonyl (C=O) groups excluding carboxylic acids is 5. The summed E-state index contributed by atoms with van der Waals surface area (Å²) in [7, 11) is 3.32. The summed E-state index contributed by atoms with van der Waals surface area (Å²) in [6.45, 7) is 10.8. The first kappa shape index (κ1) is 59.3. The number of allylic oxidation sites excluding steroid dienone is 2. The van der Waals surface area contributed by atoms with Gasteiger partial charge in [0.2, 0.25) is 23.6 Å². The molecule has 5 aliphatic heterocycles. The highest BCUT2D eigenvalue weighted by molar-refractivity contribution is 8.14. The number of Topliss-reactive ketones (excluding diaryl/α,β-unsaturated/α-hetero) is 1. The van der Waals surface area contributed by atoms with Crippen LogP contribution in [0, 0.1) is 23.1 Å². The van der Waals surface area contributed by atoms with Crippen LogP contribution in [0.1, 0.15) is 80.0 Å². The van der Waals surface area contributed by atoms with Gasteiger partial charge in [0.15, 0.2) is 5.78 Å². The first-order valence-corrected chi connectivity index (χ1v) is 28.5. The molecule has 0 radical (unpaired) electrons. The first-order valence-electron chi connectivity index (χ1n) is 27.6. The Morgan fingerprint density at radius 3 is 2.48 bits per heavy atom. The minimum atomic E-state index is -0.723.